The van der Waals surface area contributed by atoms with Crippen molar-refractivity contribution in [3.63, 3.8) is 0 Å². The Labute approximate surface area is 106 Å². The van der Waals surface area contributed by atoms with Gasteiger partial charge in [0.2, 0.25) is 0 Å². The molecule has 0 bridgehead atoms. The third-order valence-electron chi connectivity index (χ3n) is 3.08. The van der Waals surface area contributed by atoms with Gasteiger partial charge in [0.05, 0.1) is 0 Å². The summed E-state index contributed by atoms with van der Waals surface area (Å²) in [5.74, 6) is 0. The Kier molecular flexibility index (Phi) is 7.22. The van der Waals surface area contributed by atoms with Crippen molar-refractivity contribution in [2.75, 3.05) is 13.2 Å². The molecule has 0 radical (unpaired) electrons. The number of rotatable bonds is 7. The summed E-state index contributed by atoms with van der Waals surface area (Å²) in [6, 6.07) is 0. The smallest absolute Gasteiger partial charge is 0.177 e. The van der Waals surface area contributed by atoms with Crippen molar-refractivity contribution < 1.29 is 9.47 Å². The summed E-state index contributed by atoms with van der Waals surface area (Å²) in [4.78, 5) is 0. The van der Waals surface area contributed by atoms with Crippen LogP contribution in [-0.2, 0) is 9.47 Å². The summed E-state index contributed by atoms with van der Waals surface area (Å²) in [7, 11) is 0. The van der Waals surface area contributed by atoms with Crippen LogP contribution in [0.1, 0.15) is 52.9 Å². The molecule has 1 rings (SSSR count). The van der Waals surface area contributed by atoms with Gasteiger partial charge in [0.1, 0.15) is 0 Å². The van der Waals surface area contributed by atoms with Crippen LogP contribution >= 0.6 is 0 Å². The molecule has 0 spiro atoms. The van der Waals surface area contributed by atoms with E-state index in [0.29, 0.717) is 13.2 Å². The van der Waals surface area contributed by atoms with E-state index in [1.54, 1.807) is 0 Å². The van der Waals surface area contributed by atoms with Crippen molar-refractivity contribution >= 4 is 0 Å². The lowest BCUT2D eigenvalue weighted by Gasteiger charge is -2.19. The maximum atomic E-state index is 5.58. The van der Waals surface area contributed by atoms with E-state index < -0.39 is 0 Å². The second kappa shape index (κ2) is 8.48. The van der Waals surface area contributed by atoms with E-state index in [4.69, 9.17) is 9.47 Å². The van der Waals surface area contributed by atoms with Gasteiger partial charge in [0.25, 0.3) is 0 Å². The van der Waals surface area contributed by atoms with Crippen LogP contribution in [0.3, 0.4) is 0 Å². The number of allylic oxidation sites excluding steroid dienone is 3. The molecule has 0 heterocycles. The summed E-state index contributed by atoms with van der Waals surface area (Å²) < 4.78 is 11.2. The fourth-order valence-electron chi connectivity index (χ4n) is 2.22. The first-order chi connectivity index (χ1) is 8.31. The van der Waals surface area contributed by atoms with Gasteiger partial charge in [0.15, 0.2) is 6.29 Å². The molecule has 0 atom stereocenters. The quantitative estimate of drug-likeness (QED) is 0.618. The Morgan fingerprint density at radius 3 is 2.41 bits per heavy atom. The molecule has 0 aromatic carbocycles. The Bertz CT molecular complexity index is 260. The van der Waals surface area contributed by atoms with Crippen molar-refractivity contribution in [2.45, 2.75) is 59.2 Å². The molecule has 2 heteroatoms. The molecule has 98 valence electrons. The third-order valence-corrected chi connectivity index (χ3v) is 3.08. The minimum Gasteiger partial charge on any atom is -0.349 e. The highest BCUT2D eigenvalue weighted by Gasteiger charge is 2.11. The highest BCUT2D eigenvalue weighted by atomic mass is 16.7. The molecule has 0 amide bonds. The van der Waals surface area contributed by atoms with Crippen molar-refractivity contribution in [2.24, 2.45) is 0 Å². The van der Waals surface area contributed by atoms with Gasteiger partial charge in [-0.25, -0.2) is 0 Å². The Hall–Kier alpha value is -0.600. The zero-order valence-corrected chi connectivity index (χ0v) is 11.5. The number of hydrogen-bond donors (Lipinski definition) is 0. The Morgan fingerprint density at radius 2 is 1.94 bits per heavy atom. The van der Waals surface area contributed by atoms with E-state index in [-0.39, 0.29) is 6.29 Å². The highest BCUT2D eigenvalue weighted by molar-refractivity contribution is 5.32. The molecule has 0 saturated carbocycles. The van der Waals surface area contributed by atoms with Crippen molar-refractivity contribution in [3.8, 4) is 0 Å². The van der Waals surface area contributed by atoms with E-state index >= 15 is 0 Å². The van der Waals surface area contributed by atoms with E-state index in [9.17, 15) is 0 Å². The lowest BCUT2D eigenvalue weighted by molar-refractivity contribution is -0.104. The first-order valence-electron chi connectivity index (χ1n) is 6.95. The lowest BCUT2D eigenvalue weighted by Crippen LogP contribution is -2.15. The highest BCUT2D eigenvalue weighted by Crippen LogP contribution is 2.26. The summed E-state index contributed by atoms with van der Waals surface area (Å²) in [5.41, 5.74) is 2.90. The number of hydrogen-bond acceptors (Lipinski definition) is 2. The van der Waals surface area contributed by atoms with Crippen LogP contribution in [0.4, 0.5) is 0 Å². The Morgan fingerprint density at radius 1 is 1.24 bits per heavy atom. The Balaban J connectivity index is 2.71. The lowest BCUT2D eigenvalue weighted by atomic mass is 9.92. The third kappa shape index (κ3) is 5.05. The van der Waals surface area contributed by atoms with Gasteiger partial charge in [-0.3, -0.25) is 0 Å². The van der Waals surface area contributed by atoms with Gasteiger partial charge >= 0.3 is 0 Å². The zero-order valence-electron chi connectivity index (χ0n) is 11.5. The molecule has 17 heavy (non-hydrogen) atoms. The van der Waals surface area contributed by atoms with Crippen LogP contribution in [0.5, 0.6) is 0 Å². The minimum atomic E-state index is -0.178. The van der Waals surface area contributed by atoms with Gasteiger partial charge in [-0.1, -0.05) is 13.0 Å². The van der Waals surface area contributed by atoms with Gasteiger partial charge in [-0.05, 0) is 63.2 Å². The monoisotopic (exact) mass is 238 g/mol. The molecule has 2 nitrogen and oxygen atoms in total. The molecule has 0 aliphatic heterocycles. The molecule has 0 aromatic rings. The van der Waals surface area contributed by atoms with Gasteiger partial charge in [0, 0.05) is 13.2 Å². The normalized spacial score (nSPS) is 17.4. The van der Waals surface area contributed by atoms with E-state index in [1.165, 1.54) is 36.8 Å². The molecule has 1 aliphatic carbocycles. The van der Waals surface area contributed by atoms with E-state index in [0.717, 1.165) is 6.42 Å². The molecule has 0 fully saturated rings. The van der Waals surface area contributed by atoms with Gasteiger partial charge in [-0.15, -0.1) is 0 Å². The fraction of sp³-hybridized carbons (Fsp3) is 0.733. The van der Waals surface area contributed by atoms with Crippen molar-refractivity contribution in [3.05, 3.63) is 23.3 Å². The first kappa shape index (κ1) is 14.5. The van der Waals surface area contributed by atoms with Crippen LogP contribution in [0.15, 0.2) is 23.3 Å². The molecule has 0 unspecified atom stereocenters. The maximum Gasteiger partial charge on any atom is 0.177 e. The predicted octanol–water partition coefficient (Wildman–Crippen LogP) is 4.22. The van der Waals surface area contributed by atoms with Crippen LogP contribution in [0.2, 0.25) is 0 Å². The number of ether oxygens (including phenoxy) is 2. The zero-order chi connectivity index (χ0) is 12.5. The topological polar surface area (TPSA) is 18.5 Å². The van der Waals surface area contributed by atoms with E-state index in [1.807, 2.05) is 13.8 Å². The van der Waals surface area contributed by atoms with Crippen LogP contribution < -0.4 is 0 Å². The van der Waals surface area contributed by atoms with Crippen molar-refractivity contribution in [1.82, 2.24) is 0 Å². The summed E-state index contributed by atoms with van der Waals surface area (Å²) in [6.07, 6.45) is 10.5. The fourth-order valence-corrected chi connectivity index (χ4v) is 2.22. The molecule has 1 aliphatic rings. The second-order valence-corrected chi connectivity index (χ2v) is 4.30. The van der Waals surface area contributed by atoms with E-state index in [2.05, 4.69) is 19.1 Å². The first-order valence-corrected chi connectivity index (χ1v) is 6.95. The minimum absolute atomic E-state index is 0.178. The molecule has 0 saturated heterocycles. The predicted molar refractivity (Wildman–Crippen MR) is 72.0 cm³/mol. The molecular weight excluding hydrogens is 212 g/mol. The summed E-state index contributed by atoms with van der Waals surface area (Å²) in [6.45, 7) is 7.60. The van der Waals surface area contributed by atoms with Crippen LogP contribution in [-0.4, -0.2) is 19.5 Å². The molecule has 0 aromatic heterocycles. The molecule has 0 N–H and O–H groups in total. The second-order valence-electron chi connectivity index (χ2n) is 4.30. The average Bonchev–Trinajstić information content (AvgIpc) is 2.37. The largest absolute Gasteiger partial charge is 0.349 e. The summed E-state index contributed by atoms with van der Waals surface area (Å²) in [5, 5.41) is 0. The standard InChI is InChI=1S/C15H26O2/c1-4-13(14-10-8-7-9-11-14)12-15(16-5-2)17-6-3/h10,12,15H,4-9,11H2,1-3H3/b13-12-. The van der Waals surface area contributed by atoms with Crippen LogP contribution in [0, 0.1) is 0 Å². The maximum absolute atomic E-state index is 5.58. The van der Waals surface area contributed by atoms with Gasteiger partial charge < -0.3 is 9.47 Å². The van der Waals surface area contributed by atoms with Crippen LogP contribution in [0.25, 0.3) is 0 Å². The van der Waals surface area contributed by atoms with Crippen molar-refractivity contribution in [1.29, 1.82) is 0 Å². The SMILES string of the molecule is CCOC(/C=C(/CC)C1=CCCCC1)OCC. The summed E-state index contributed by atoms with van der Waals surface area (Å²) >= 11 is 0. The van der Waals surface area contributed by atoms with Gasteiger partial charge in [-0.2, -0.15) is 0 Å². The molecular formula is C15H26O2. The average molecular weight is 238 g/mol.